The number of halogens is 3. The normalized spacial score (nSPS) is 14.6. The van der Waals surface area contributed by atoms with E-state index in [1.165, 1.54) is 0 Å². The Morgan fingerprint density at radius 2 is 1.78 bits per heavy atom. The number of hydrogen-bond donors (Lipinski definition) is 0. The Morgan fingerprint density at radius 1 is 1.28 bits per heavy atom. The maximum absolute atomic E-state index is 11.7. The van der Waals surface area contributed by atoms with Gasteiger partial charge in [-0.2, -0.15) is 0 Å². The number of rotatable bonds is 5. The van der Waals surface area contributed by atoms with E-state index in [0.717, 1.165) is 6.92 Å². The fraction of sp³-hybridized carbons (Fsp3) is 0.636. The first-order chi connectivity index (χ1) is 8.09. The molecule has 0 saturated heterocycles. The zero-order valence-electron chi connectivity index (χ0n) is 10.3. The SMILES string of the molecule is C=C(C(=O)OC(C)CC)C(OC(C)=O)C(Cl)(Cl)Cl. The van der Waals surface area contributed by atoms with E-state index in [2.05, 4.69) is 6.58 Å². The summed E-state index contributed by atoms with van der Waals surface area (Å²) in [5, 5.41) is 0. The van der Waals surface area contributed by atoms with Gasteiger partial charge in [0, 0.05) is 6.92 Å². The second kappa shape index (κ2) is 7.22. The van der Waals surface area contributed by atoms with Crippen LogP contribution < -0.4 is 0 Å². The molecule has 0 saturated carbocycles. The summed E-state index contributed by atoms with van der Waals surface area (Å²) in [6, 6.07) is 0. The number of ether oxygens (including phenoxy) is 2. The van der Waals surface area contributed by atoms with Crippen molar-refractivity contribution in [2.75, 3.05) is 0 Å². The van der Waals surface area contributed by atoms with E-state index in [9.17, 15) is 9.59 Å². The van der Waals surface area contributed by atoms with E-state index in [1.54, 1.807) is 6.92 Å². The summed E-state index contributed by atoms with van der Waals surface area (Å²) in [5.41, 5.74) is -0.217. The standard InChI is InChI=1S/C11H15Cl3O4/c1-5-6(2)17-10(16)7(3)9(11(12,13)14)18-8(4)15/h6,9H,3,5H2,1-2,4H3. The van der Waals surface area contributed by atoms with Crippen molar-refractivity contribution in [3.05, 3.63) is 12.2 Å². The summed E-state index contributed by atoms with van der Waals surface area (Å²) >= 11 is 16.9. The molecule has 0 rings (SSSR count). The highest BCUT2D eigenvalue weighted by Gasteiger charge is 2.40. The molecule has 0 bridgehead atoms. The van der Waals surface area contributed by atoms with Gasteiger partial charge in [-0.15, -0.1) is 0 Å². The fourth-order valence-corrected chi connectivity index (χ4v) is 1.48. The van der Waals surface area contributed by atoms with Gasteiger partial charge in [-0.3, -0.25) is 4.79 Å². The van der Waals surface area contributed by atoms with Crippen molar-refractivity contribution in [1.82, 2.24) is 0 Å². The minimum Gasteiger partial charge on any atom is -0.459 e. The average Bonchev–Trinajstić information content (AvgIpc) is 2.22. The second-order valence-electron chi connectivity index (χ2n) is 3.68. The van der Waals surface area contributed by atoms with E-state index < -0.39 is 21.8 Å². The maximum Gasteiger partial charge on any atom is 0.337 e. The predicted molar refractivity (Wildman–Crippen MR) is 70.8 cm³/mol. The van der Waals surface area contributed by atoms with Gasteiger partial charge in [0.1, 0.15) is 0 Å². The zero-order chi connectivity index (χ0) is 14.5. The molecule has 0 aromatic rings. The summed E-state index contributed by atoms with van der Waals surface area (Å²) in [5.74, 6) is -1.45. The summed E-state index contributed by atoms with van der Waals surface area (Å²) in [7, 11) is 0. The lowest BCUT2D eigenvalue weighted by Crippen LogP contribution is -2.36. The first kappa shape index (κ1) is 17.6. The molecule has 0 aliphatic rings. The van der Waals surface area contributed by atoms with Gasteiger partial charge >= 0.3 is 11.9 Å². The lowest BCUT2D eigenvalue weighted by Gasteiger charge is -2.25. The lowest BCUT2D eigenvalue weighted by molar-refractivity contribution is -0.149. The van der Waals surface area contributed by atoms with Crippen molar-refractivity contribution in [3.8, 4) is 0 Å². The summed E-state index contributed by atoms with van der Waals surface area (Å²) in [4.78, 5) is 22.6. The number of carbonyl (C=O) groups is 2. The highest BCUT2D eigenvalue weighted by molar-refractivity contribution is 6.68. The molecule has 0 radical (unpaired) electrons. The van der Waals surface area contributed by atoms with Crippen molar-refractivity contribution in [2.24, 2.45) is 0 Å². The van der Waals surface area contributed by atoms with Crippen LogP contribution >= 0.6 is 34.8 Å². The quantitative estimate of drug-likeness (QED) is 0.444. The smallest absolute Gasteiger partial charge is 0.337 e. The second-order valence-corrected chi connectivity index (χ2v) is 6.05. The number of alkyl halides is 3. The van der Waals surface area contributed by atoms with Crippen LogP contribution in [-0.4, -0.2) is 27.9 Å². The molecule has 4 nitrogen and oxygen atoms in total. The third kappa shape index (κ3) is 5.94. The van der Waals surface area contributed by atoms with E-state index in [0.29, 0.717) is 6.42 Å². The summed E-state index contributed by atoms with van der Waals surface area (Å²) in [6.07, 6.45) is -1.05. The molecule has 7 heteroatoms. The topological polar surface area (TPSA) is 52.6 Å². The van der Waals surface area contributed by atoms with Gasteiger partial charge < -0.3 is 9.47 Å². The van der Waals surface area contributed by atoms with E-state index >= 15 is 0 Å². The van der Waals surface area contributed by atoms with Gasteiger partial charge in [-0.25, -0.2) is 4.79 Å². The molecule has 0 aromatic heterocycles. The van der Waals surface area contributed by atoms with Crippen LogP contribution in [0.5, 0.6) is 0 Å². The molecule has 2 atom stereocenters. The predicted octanol–water partition coefficient (Wildman–Crippen LogP) is 3.19. The van der Waals surface area contributed by atoms with Crippen LogP contribution in [0.15, 0.2) is 12.2 Å². The van der Waals surface area contributed by atoms with E-state index in [-0.39, 0.29) is 11.7 Å². The van der Waals surface area contributed by atoms with Gasteiger partial charge in [0.05, 0.1) is 11.7 Å². The van der Waals surface area contributed by atoms with Gasteiger partial charge in [-0.1, -0.05) is 48.3 Å². The fourth-order valence-electron chi connectivity index (χ4n) is 0.950. The lowest BCUT2D eigenvalue weighted by atomic mass is 10.2. The molecule has 0 fully saturated rings. The van der Waals surface area contributed by atoms with Crippen molar-refractivity contribution >= 4 is 46.7 Å². The molecule has 0 spiro atoms. The minimum atomic E-state index is -1.99. The van der Waals surface area contributed by atoms with Gasteiger partial charge in [0.15, 0.2) is 6.10 Å². The van der Waals surface area contributed by atoms with Crippen molar-refractivity contribution in [2.45, 2.75) is 43.2 Å². The third-order valence-corrected chi connectivity index (χ3v) is 2.64. The van der Waals surface area contributed by atoms with Gasteiger partial charge in [0.2, 0.25) is 3.79 Å². The Balaban J connectivity index is 4.86. The maximum atomic E-state index is 11.7. The van der Waals surface area contributed by atoms with Crippen LogP contribution in [-0.2, 0) is 19.1 Å². The van der Waals surface area contributed by atoms with Crippen LogP contribution in [0.3, 0.4) is 0 Å². The van der Waals surface area contributed by atoms with Gasteiger partial charge in [-0.05, 0) is 13.3 Å². The molecule has 104 valence electrons. The Kier molecular flexibility index (Phi) is 7.04. The van der Waals surface area contributed by atoms with Crippen LogP contribution in [0.4, 0.5) is 0 Å². The molecule has 0 N–H and O–H groups in total. The number of carbonyl (C=O) groups excluding carboxylic acids is 2. The third-order valence-electron chi connectivity index (χ3n) is 2.04. The van der Waals surface area contributed by atoms with Gasteiger partial charge in [0.25, 0.3) is 0 Å². The molecular formula is C11H15Cl3O4. The summed E-state index contributed by atoms with van der Waals surface area (Å²) in [6.45, 7) is 8.15. The molecule has 0 heterocycles. The highest BCUT2D eigenvalue weighted by atomic mass is 35.6. The molecule has 2 unspecified atom stereocenters. The molecule has 0 amide bonds. The van der Waals surface area contributed by atoms with E-state index in [4.69, 9.17) is 44.3 Å². The highest BCUT2D eigenvalue weighted by Crippen LogP contribution is 2.36. The van der Waals surface area contributed by atoms with Crippen LogP contribution in [0.2, 0.25) is 0 Å². The molecule has 0 aromatic carbocycles. The van der Waals surface area contributed by atoms with Crippen molar-refractivity contribution in [1.29, 1.82) is 0 Å². The number of hydrogen-bond acceptors (Lipinski definition) is 4. The zero-order valence-corrected chi connectivity index (χ0v) is 12.6. The summed E-state index contributed by atoms with van der Waals surface area (Å²) < 4.78 is 7.80. The molecule has 0 aliphatic carbocycles. The minimum absolute atomic E-state index is 0.217. The Labute approximate surface area is 121 Å². The number of esters is 2. The Hall–Kier alpha value is -0.450. The first-order valence-corrected chi connectivity index (χ1v) is 6.36. The molecule has 0 aliphatic heterocycles. The molecule has 18 heavy (non-hydrogen) atoms. The largest absolute Gasteiger partial charge is 0.459 e. The van der Waals surface area contributed by atoms with E-state index in [1.807, 2.05) is 6.92 Å². The van der Waals surface area contributed by atoms with Crippen molar-refractivity contribution in [3.63, 3.8) is 0 Å². The Morgan fingerprint density at radius 3 is 2.11 bits per heavy atom. The average molecular weight is 318 g/mol. The Bertz CT molecular complexity index is 336. The molecular weight excluding hydrogens is 302 g/mol. The van der Waals surface area contributed by atoms with Crippen LogP contribution in [0.25, 0.3) is 0 Å². The monoisotopic (exact) mass is 316 g/mol. The van der Waals surface area contributed by atoms with Crippen LogP contribution in [0, 0.1) is 0 Å². The van der Waals surface area contributed by atoms with Crippen molar-refractivity contribution < 1.29 is 19.1 Å². The van der Waals surface area contributed by atoms with Crippen LogP contribution in [0.1, 0.15) is 27.2 Å². The first-order valence-electron chi connectivity index (χ1n) is 5.23.